The minimum atomic E-state index is -0.116. The van der Waals surface area contributed by atoms with Gasteiger partial charge in [0, 0.05) is 5.56 Å². The zero-order chi connectivity index (χ0) is 12.8. The van der Waals surface area contributed by atoms with Crippen LogP contribution < -0.4 is 4.74 Å². The highest BCUT2D eigenvalue weighted by Crippen LogP contribution is 2.26. The summed E-state index contributed by atoms with van der Waals surface area (Å²) < 4.78 is 4.88. The molecule has 0 saturated heterocycles. The summed E-state index contributed by atoms with van der Waals surface area (Å²) in [6.45, 7) is 1.48. The molecule has 4 nitrogen and oxygen atoms in total. The summed E-state index contributed by atoms with van der Waals surface area (Å²) in [7, 11) is 1.44. The van der Waals surface area contributed by atoms with Crippen LogP contribution in [0, 0.1) is 0 Å². The molecule has 1 aromatic rings. The van der Waals surface area contributed by atoms with Gasteiger partial charge in [0.25, 0.3) is 0 Å². The fourth-order valence-electron chi connectivity index (χ4n) is 1.23. The number of phenols is 1. The normalized spacial score (nSPS) is 10.0. The van der Waals surface area contributed by atoms with Crippen molar-refractivity contribution in [1.29, 1.82) is 0 Å². The van der Waals surface area contributed by atoms with Crippen LogP contribution in [-0.4, -0.2) is 35.3 Å². The third kappa shape index (κ3) is 4.11. The molecule has 0 unspecified atom stereocenters. The Morgan fingerprint density at radius 2 is 2.06 bits per heavy atom. The lowest BCUT2D eigenvalue weighted by atomic mass is 10.1. The molecule has 0 saturated carbocycles. The quantitative estimate of drug-likeness (QED) is 0.786. The Morgan fingerprint density at radius 3 is 2.59 bits per heavy atom. The van der Waals surface area contributed by atoms with E-state index >= 15 is 0 Å². The second kappa shape index (κ2) is 6.30. The number of hydrogen-bond donors (Lipinski definition) is 1. The van der Waals surface area contributed by atoms with Crippen molar-refractivity contribution in [2.75, 3.05) is 18.6 Å². The van der Waals surface area contributed by atoms with Crippen LogP contribution in [0.1, 0.15) is 17.3 Å². The number of phenolic OH excluding ortho intramolecular Hbond substituents is 1. The van der Waals surface area contributed by atoms with Gasteiger partial charge in [-0.3, -0.25) is 9.59 Å². The van der Waals surface area contributed by atoms with Crippen LogP contribution in [0.3, 0.4) is 0 Å². The average Bonchev–Trinajstić information content (AvgIpc) is 2.28. The average molecular weight is 254 g/mol. The predicted molar refractivity (Wildman–Crippen MR) is 67.0 cm³/mol. The summed E-state index contributed by atoms with van der Waals surface area (Å²) in [5, 5.41) is 9.52. The molecule has 0 radical (unpaired) electrons. The number of ether oxygens (including phenoxy) is 1. The maximum Gasteiger partial charge on any atom is 0.172 e. The maximum atomic E-state index is 11.7. The first kappa shape index (κ1) is 13.6. The van der Waals surface area contributed by atoms with Gasteiger partial charge in [-0.2, -0.15) is 0 Å². The van der Waals surface area contributed by atoms with Crippen molar-refractivity contribution in [2.45, 2.75) is 6.92 Å². The summed E-state index contributed by atoms with van der Waals surface area (Å²) in [6, 6.07) is 4.50. The van der Waals surface area contributed by atoms with Crippen molar-refractivity contribution in [1.82, 2.24) is 0 Å². The summed E-state index contributed by atoms with van der Waals surface area (Å²) >= 11 is 1.27. The Labute approximate surface area is 104 Å². The molecule has 17 heavy (non-hydrogen) atoms. The first-order chi connectivity index (χ1) is 8.04. The Bertz CT molecular complexity index is 429. The second-order valence-corrected chi connectivity index (χ2v) is 4.49. The number of thioether (sulfide) groups is 1. The molecule has 1 aromatic carbocycles. The number of hydrogen-bond acceptors (Lipinski definition) is 5. The summed E-state index contributed by atoms with van der Waals surface area (Å²) in [6.07, 6.45) is 0. The van der Waals surface area contributed by atoms with Crippen molar-refractivity contribution >= 4 is 23.3 Å². The standard InChI is InChI=1S/C12H14O4S/c1-8(13)6-17-7-11(15)9-3-4-12(16-2)10(14)5-9/h3-5,14H,6-7H2,1-2H3. The number of benzene rings is 1. The lowest BCUT2D eigenvalue weighted by molar-refractivity contribution is -0.114. The van der Waals surface area contributed by atoms with Gasteiger partial charge in [-0.25, -0.2) is 0 Å². The van der Waals surface area contributed by atoms with E-state index in [-0.39, 0.29) is 23.1 Å². The van der Waals surface area contributed by atoms with Gasteiger partial charge in [-0.15, -0.1) is 11.8 Å². The van der Waals surface area contributed by atoms with E-state index in [1.54, 1.807) is 6.07 Å². The van der Waals surface area contributed by atoms with E-state index in [1.807, 2.05) is 0 Å². The van der Waals surface area contributed by atoms with E-state index in [2.05, 4.69) is 0 Å². The van der Waals surface area contributed by atoms with E-state index in [1.165, 1.54) is 37.9 Å². The number of aromatic hydroxyl groups is 1. The number of carbonyl (C=O) groups is 2. The number of carbonyl (C=O) groups excluding carboxylic acids is 2. The topological polar surface area (TPSA) is 63.6 Å². The Hall–Kier alpha value is -1.49. The summed E-state index contributed by atoms with van der Waals surface area (Å²) in [4.78, 5) is 22.4. The van der Waals surface area contributed by atoms with E-state index < -0.39 is 0 Å². The molecule has 0 aliphatic heterocycles. The Morgan fingerprint density at radius 1 is 1.35 bits per heavy atom. The molecule has 0 spiro atoms. The Kier molecular flexibility index (Phi) is 5.03. The van der Waals surface area contributed by atoms with Crippen molar-refractivity contribution in [2.24, 2.45) is 0 Å². The molecule has 0 bridgehead atoms. The lowest BCUT2D eigenvalue weighted by Crippen LogP contribution is -2.05. The van der Waals surface area contributed by atoms with E-state index in [0.717, 1.165) is 0 Å². The van der Waals surface area contributed by atoms with Crippen LogP contribution in [0.5, 0.6) is 11.5 Å². The van der Waals surface area contributed by atoms with Crippen LogP contribution in [0.15, 0.2) is 18.2 Å². The van der Waals surface area contributed by atoms with Crippen molar-refractivity contribution < 1.29 is 19.4 Å². The summed E-state index contributed by atoms with van der Waals surface area (Å²) in [5.41, 5.74) is 0.416. The first-order valence-electron chi connectivity index (χ1n) is 5.02. The molecule has 0 aromatic heterocycles. The first-order valence-corrected chi connectivity index (χ1v) is 6.17. The highest BCUT2D eigenvalue weighted by atomic mass is 32.2. The molecule has 92 valence electrons. The highest BCUT2D eigenvalue weighted by Gasteiger charge is 2.10. The van der Waals surface area contributed by atoms with E-state index in [0.29, 0.717) is 17.1 Å². The minimum Gasteiger partial charge on any atom is -0.504 e. The van der Waals surface area contributed by atoms with Gasteiger partial charge in [-0.1, -0.05) is 0 Å². The van der Waals surface area contributed by atoms with Gasteiger partial charge in [0.1, 0.15) is 5.78 Å². The van der Waals surface area contributed by atoms with Crippen molar-refractivity contribution in [3.05, 3.63) is 23.8 Å². The molecule has 0 aliphatic rings. The largest absolute Gasteiger partial charge is 0.504 e. The highest BCUT2D eigenvalue weighted by molar-refractivity contribution is 8.00. The zero-order valence-corrected chi connectivity index (χ0v) is 10.5. The van der Waals surface area contributed by atoms with E-state index in [9.17, 15) is 14.7 Å². The fraction of sp³-hybridized carbons (Fsp3) is 0.333. The third-order valence-electron chi connectivity index (χ3n) is 2.04. The predicted octanol–water partition coefficient (Wildman–Crippen LogP) is 1.91. The van der Waals surface area contributed by atoms with Crippen LogP contribution in [0.25, 0.3) is 0 Å². The SMILES string of the molecule is COc1ccc(C(=O)CSCC(C)=O)cc1O. The van der Waals surface area contributed by atoms with E-state index in [4.69, 9.17) is 4.74 Å². The smallest absolute Gasteiger partial charge is 0.172 e. The van der Waals surface area contributed by atoms with Crippen LogP contribution in [0.4, 0.5) is 0 Å². The molecule has 1 N–H and O–H groups in total. The summed E-state index contributed by atoms with van der Waals surface area (Å²) in [5.74, 6) is 0.751. The maximum absolute atomic E-state index is 11.7. The number of methoxy groups -OCH3 is 1. The van der Waals surface area contributed by atoms with Gasteiger partial charge in [0.05, 0.1) is 18.6 Å². The third-order valence-corrected chi connectivity index (χ3v) is 3.12. The minimum absolute atomic E-state index is 0.0420. The van der Waals surface area contributed by atoms with Gasteiger partial charge in [0.2, 0.25) is 0 Å². The molecular formula is C12H14O4S. The number of ketones is 2. The molecule has 5 heteroatoms. The molecule has 0 atom stereocenters. The zero-order valence-electron chi connectivity index (χ0n) is 9.73. The molecule has 0 heterocycles. The molecule has 0 fully saturated rings. The molecular weight excluding hydrogens is 240 g/mol. The van der Waals surface area contributed by atoms with Crippen LogP contribution in [-0.2, 0) is 4.79 Å². The van der Waals surface area contributed by atoms with Gasteiger partial charge in [-0.05, 0) is 25.1 Å². The van der Waals surface area contributed by atoms with Crippen molar-refractivity contribution in [3.63, 3.8) is 0 Å². The lowest BCUT2D eigenvalue weighted by Gasteiger charge is -2.05. The Balaban J connectivity index is 2.63. The molecule has 1 rings (SSSR count). The van der Waals surface area contributed by atoms with Gasteiger partial charge in [0.15, 0.2) is 17.3 Å². The van der Waals surface area contributed by atoms with Crippen LogP contribution >= 0.6 is 11.8 Å². The molecule has 0 amide bonds. The molecule has 0 aliphatic carbocycles. The van der Waals surface area contributed by atoms with Gasteiger partial charge < -0.3 is 9.84 Å². The second-order valence-electron chi connectivity index (χ2n) is 3.50. The van der Waals surface area contributed by atoms with Crippen LogP contribution in [0.2, 0.25) is 0 Å². The monoisotopic (exact) mass is 254 g/mol. The number of rotatable bonds is 6. The van der Waals surface area contributed by atoms with Gasteiger partial charge >= 0.3 is 0 Å². The van der Waals surface area contributed by atoms with Crippen molar-refractivity contribution in [3.8, 4) is 11.5 Å². The number of Topliss-reactive ketones (excluding diaryl/α,β-unsaturated/α-hetero) is 2. The fourth-order valence-corrected chi connectivity index (χ4v) is 1.98.